The molecule has 0 bridgehead atoms. The molecule has 0 atom stereocenters. The third-order valence-electron chi connectivity index (χ3n) is 2.32. The van der Waals surface area contributed by atoms with Gasteiger partial charge in [-0.3, -0.25) is 9.48 Å². The minimum absolute atomic E-state index is 0.183. The van der Waals surface area contributed by atoms with Gasteiger partial charge in [0, 0.05) is 6.20 Å². The van der Waals surface area contributed by atoms with Crippen LogP contribution >= 0.6 is 0 Å². The molecule has 17 heavy (non-hydrogen) atoms. The molecule has 0 unspecified atom stereocenters. The van der Waals surface area contributed by atoms with E-state index in [1.54, 1.807) is 27.7 Å². The number of carbonyl (C=O) groups excluding carboxylic acids is 1. The van der Waals surface area contributed by atoms with E-state index in [2.05, 4.69) is 5.10 Å². The Morgan fingerprint density at radius 2 is 1.88 bits per heavy atom. The maximum absolute atomic E-state index is 12.4. The number of ketones is 1. The minimum atomic E-state index is -4.85. The fraction of sp³-hybridized carbons (Fsp3) is 0.636. The van der Waals surface area contributed by atoms with Gasteiger partial charge in [-0.1, -0.05) is 6.92 Å². The summed E-state index contributed by atoms with van der Waals surface area (Å²) >= 11 is 0. The van der Waals surface area contributed by atoms with E-state index in [4.69, 9.17) is 0 Å². The second kappa shape index (κ2) is 4.16. The third kappa shape index (κ3) is 2.87. The van der Waals surface area contributed by atoms with Gasteiger partial charge < -0.3 is 0 Å². The first-order chi connectivity index (χ1) is 7.57. The van der Waals surface area contributed by atoms with E-state index in [-0.39, 0.29) is 11.3 Å². The molecule has 0 spiro atoms. The maximum Gasteiger partial charge on any atom is 0.454 e. The van der Waals surface area contributed by atoms with Crippen molar-refractivity contribution in [1.82, 2.24) is 9.78 Å². The molecule has 3 nitrogen and oxygen atoms in total. The fourth-order valence-corrected chi connectivity index (χ4v) is 1.36. The highest BCUT2D eigenvalue weighted by molar-refractivity contribution is 6.01. The van der Waals surface area contributed by atoms with E-state index in [9.17, 15) is 18.0 Å². The summed E-state index contributed by atoms with van der Waals surface area (Å²) in [6.07, 6.45) is -3.38. The second-order valence-corrected chi connectivity index (χ2v) is 4.79. The van der Waals surface area contributed by atoms with Crippen LogP contribution in [0.3, 0.4) is 0 Å². The van der Waals surface area contributed by atoms with E-state index in [0.29, 0.717) is 6.42 Å². The van der Waals surface area contributed by atoms with Gasteiger partial charge in [0.2, 0.25) is 0 Å². The number of halogens is 3. The summed E-state index contributed by atoms with van der Waals surface area (Å²) in [5.41, 5.74) is -0.620. The molecule has 1 heterocycles. The molecule has 0 fully saturated rings. The lowest BCUT2D eigenvalue weighted by Gasteiger charge is -2.18. The third-order valence-corrected chi connectivity index (χ3v) is 2.32. The highest BCUT2D eigenvalue weighted by Gasteiger charge is 2.41. The number of hydrogen-bond donors (Lipinski definition) is 0. The average Bonchev–Trinajstić information content (AvgIpc) is 2.57. The zero-order valence-electron chi connectivity index (χ0n) is 10.2. The normalized spacial score (nSPS) is 12.9. The number of carbonyl (C=O) groups is 1. The number of rotatable bonds is 2. The van der Waals surface area contributed by atoms with Crippen LogP contribution in [0.15, 0.2) is 6.20 Å². The first-order valence-electron chi connectivity index (χ1n) is 5.28. The first kappa shape index (κ1) is 13.7. The van der Waals surface area contributed by atoms with E-state index in [1.165, 1.54) is 10.9 Å². The van der Waals surface area contributed by atoms with Crippen LogP contribution in [-0.4, -0.2) is 21.7 Å². The first-order valence-corrected chi connectivity index (χ1v) is 5.28. The smallest absolute Gasteiger partial charge is 0.284 e. The summed E-state index contributed by atoms with van der Waals surface area (Å²) in [5, 5.41) is 4.03. The molecular weight excluding hydrogens is 233 g/mol. The van der Waals surface area contributed by atoms with Crippen LogP contribution in [0.2, 0.25) is 0 Å². The maximum atomic E-state index is 12.4. The summed E-state index contributed by atoms with van der Waals surface area (Å²) in [4.78, 5) is 11.2. The van der Waals surface area contributed by atoms with Gasteiger partial charge in [-0.15, -0.1) is 0 Å². The molecule has 1 aromatic heterocycles. The van der Waals surface area contributed by atoms with Crippen molar-refractivity contribution in [1.29, 1.82) is 0 Å². The topological polar surface area (TPSA) is 34.9 Å². The lowest BCUT2D eigenvalue weighted by atomic mass is 10.1. The molecule has 1 aromatic rings. The van der Waals surface area contributed by atoms with Gasteiger partial charge in [0.05, 0.1) is 16.8 Å². The molecule has 96 valence electrons. The SMILES string of the molecule is CCc1nn(C(C)(C)C)cc1C(=O)C(F)(F)F. The quantitative estimate of drug-likeness (QED) is 0.754. The number of Topliss-reactive ketones (excluding diaryl/α,β-unsaturated/α-hetero) is 1. The Kier molecular flexibility index (Phi) is 3.36. The Morgan fingerprint density at radius 1 is 1.35 bits per heavy atom. The van der Waals surface area contributed by atoms with E-state index in [0.717, 1.165) is 0 Å². The van der Waals surface area contributed by atoms with Gasteiger partial charge in [-0.2, -0.15) is 18.3 Å². The van der Waals surface area contributed by atoms with Crippen molar-refractivity contribution < 1.29 is 18.0 Å². The summed E-state index contributed by atoms with van der Waals surface area (Å²) in [7, 11) is 0. The summed E-state index contributed by atoms with van der Waals surface area (Å²) < 4.78 is 38.5. The molecule has 0 aliphatic carbocycles. The highest BCUT2D eigenvalue weighted by Crippen LogP contribution is 2.25. The molecule has 0 amide bonds. The van der Waals surface area contributed by atoms with Crippen molar-refractivity contribution in [3.8, 4) is 0 Å². The highest BCUT2D eigenvalue weighted by atomic mass is 19.4. The number of aromatic nitrogens is 2. The van der Waals surface area contributed by atoms with Crippen LogP contribution in [0.5, 0.6) is 0 Å². The Balaban J connectivity index is 3.26. The molecule has 0 aliphatic rings. The summed E-state index contributed by atoms with van der Waals surface area (Å²) in [6, 6.07) is 0. The Morgan fingerprint density at radius 3 is 2.24 bits per heavy atom. The standard InChI is InChI=1S/C11H15F3N2O/c1-5-8-7(9(17)11(12,13)14)6-16(15-8)10(2,3)4/h6H,5H2,1-4H3. The molecule has 1 rings (SSSR count). The molecule has 6 heteroatoms. The molecule has 0 aliphatic heterocycles. The van der Waals surface area contributed by atoms with Gasteiger partial charge in [-0.05, 0) is 27.2 Å². The lowest BCUT2D eigenvalue weighted by Crippen LogP contribution is -2.24. The van der Waals surface area contributed by atoms with Crippen LogP contribution in [-0.2, 0) is 12.0 Å². The summed E-state index contributed by atoms with van der Waals surface area (Å²) in [5.74, 6) is -1.83. The van der Waals surface area contributed by atoms with Gasteiger partial charge in [0.1, 0.15) is 0 Å². The van der Waals surface area contributed by atoms with Gasteiger partial charge >= 0.3 is 6.18 Å². The van der Waals surface area contributed by atoms with Crippen LogP contribution in [0.1, 0.15) is 43.7 Å². The van der Waals surface area contributed by atoms with Crippen molar-refractivity contribution in [2.75, 3.05) is 0 Å². The van der Waals surface area contributed by atoms with E-state index >= 15 is 0 Å². The van der Waals surface area contributed by atoms with E-state index < -0.39 is 17.5 Å². The monoisotopic (exact) mass is 248 g/mol. The number of aryl methyl sites for hydroxylation is 1. The molecule has 0 saturated carbocycles. The Labute approximate surface area is 97.6 Å². The second-order valence-electron chi connectivity index (χ2n) is 4.79. The van der Waals surface area contributed by atoms with E-state index in [1.807, 2.05) is 0 Å². The molecule has 0 N–H and O–H groups in total. The fourth-order valence-electron chi connectivity index (χ4n) is 1.36. The zero-order chi connectivity index (χ0) is 13.4. The zero-order valence-corrected chi connectivity index (χ0v) is 10.2. The minimum Gasteiger partial charge on any atom is -0.284 e. The van der Waals surface area contributed by atoms with Crippen LogP contribution in [0.4, 0.5) is 13.2 Å². The summed E-state index contributed by atoms with van der Waals surface area (Å²) in [6.45, 7) is 7.09. The van der Waals surface area contributed by atoms with Crippen molar-refractivity contribution in [2.45, 2.75) is 45.8 Å². The van der Waals surface area contributed by atoms with Crippen molar-refractivity contribution in [2.24, 2.45) is 0 Å². The van der Waals surface area contributed by atoms with Crippen LogP contribution < -0.4 is 0 Å². The predicted molar refractivity (Wildman–Crippen MR) is 57.0 cm³/mol. The average molecular weight is 248 g/mol. The van der Waals surface area contributed by atoms with Crippen molar-refractivity contribution in [3.63, 3.8) is 0 Å². The van der Waals surface area contributed by atoms with Crippen molar-refractivity contribution >= 4 is 5.78 Å². The molecule has 0 aromatic carbocycles. The van der Waals surface area contributed by atoms with Gasteiger partial charge in [0.25, 0.3) is 5.78 Å². The number of nitrogens with zero attached hydrogens (tertiary/aromatic N) is 2. The van der Waals surface area contributed by atoms with Gasteiger partial charge in [-0.25, -0.2) is 0 Å². The lowest BCUT2D eigenvalue weighted by molar-refractivity contribution is -0.0885. The number of hydrogen-bond acceptors (Lipinski definition) is 2. The predicted octanol–water partition coefficient (Wildman–Crippen LogP) is 2.95. The van der Waals surface area contributed by atoms with Crippen LogP contribution in [0.25, 0.3) is 0 Å². The number of alkyl halides is 3. The van der Waals surface area contributed by atoms with Gasteiger partial charge in [0.15, 0.2) is 0 Å². The van der Waals surface area contributed by atoms with Crippen LogP contribution in [0, 0.1) is 0 Å². The largest absolute Gasteiger partial charge is 0.454 e. The molecule has 0 saturated heterocycles. The Hall–Kier alpha value is -1.33. The molecule has 0 radical (unpaired) electrons. The van der Waals surface area contributed by atoms with Crippen molar-refractivity contribution in [3.05, 3.63) is 17.5 Å². The molecular formula is C11H15F3N2O. The Bertz CT molecular complexity index is 427.